The molecule has 1 amide bonds. The summed E-state index contributed by atoms with van der Waals surface area (Å²) in [5, 5.41) is 12.6. The number of nitrogens with zero attached hydrogens (tertiary/aromatic N) is 3. The van der Waals surface area contributed by atoms with Crippen molar-refractivity contribution >= 4 is 5.91 Å². The summed E-state index contributed by atoms with van der Waals surface area (Å²) < 4.78 is 6.79. The molecule has 1 saturated carbocycles. The fourth-order valence-corrected chi connectivity index (χ4v) is 2.84. The number of ether oxygens (including phenoxy) is 1. The van der Waals surface area contributed by atoms with E-state index in [0.29, 0.717) is 18.7 Å². The number of methoxy groups -OCH3 is 1. The molecule has 122 valence electrons. The standard InChI is InChI=1S/C16H20N4O3/c1-23-15-3-2-11(8-18-15)16(12-6-13(21)7-12)19-14(22)9-20-5-4-17-10-20/h2-5,8,10,12-13,16,21H,6-7,9H2,1H3,(H,19,22)/t12?,13?,16-/m0/s1. The van der Waals surface area contributed by atoms with Crippen LogP contribution in [0.15, 0.2) is 37.1 Å². The van der Waals surface area contributed by atoms with Crippen molar-refractivity contribution in [2.75, 3.05) is 7.11 Å². The van der Waals surface area contributed by atoms with Gasteiger partial charge in [0.2, 0.25) is 11.8 Å². The first-order chi connectivity index (χ1) is 11.2. The van der Waals surface area contributed by atoms with E-state index in [4.69, 9.17) is 4.74 Å². The minimum atomic E-state index is -0.278. The van der Waals surface area contributed by atoms with Gasteiger partial charge in [-0.25, -0.2) is 9.97 Å². The average molecular weight is 316 g/mol. The summed E-state index contributed by atoms with van der Waals surface area (Å²) >= 11 is 0. The number of rotatable bonds is 6. The van der Waals surface area contributed by atoms with Crippen LogP contribution in [0.2, 0.25) is 0 Å². The summed E-state index contributed by atoms with van der Waals surface area (Å²) in [4.78, 5) is 20.4. The Morgan fingerprint density at radius 3 is 2.91 bits per heavy atom. The predicted octanol–water partition coefficient (Wildman–Crippen LogP) is 0.915. The van der Waals surface area contributed by atoms with Crippen LogP contribution in [0.5, 0.6) is 5.88 Å². The highest BCUT2D eigenvalue weighted by molar-refractivity contribution is 5.76. The number of aliphatic hydroxyl groups is 1. The number of aromatic nitrogens is 3. The lowest BCUT2D eigenvalue weighted by molar-refractivity contribution is -0.123. The topological polar surface area (TPSA) is 89.3 Å². The second kappa shape index (κ2) is 6.78. The number of nitrogens with one attached hydrogen (secondary N) is 1. The second-order valence-corrected chi connectivity index (χ2v) is 5.80. The van der Waals surface area contributed by atoms with Gasteiger partial charge < -0.3 is 19.7 Å². The molecule has 2 N–H and O–H groups in total. The van der Waals surface area contributed by atoms with E-state index in [-0.39, 0.29) is 30.5 Å². The Hall–Kier alpha value is -2.41. The van der Waals surface area contributed by atoms with Crippen molar-refractivity contribution in [3.63, 3.8) is 0 Å². The maximum atomic E-state index is 12.3. The minimum absolute atomic E-state index is 0.0924. The molecule has 0 radical (unpaired) electrons. The highest BCUT2D eigenvalue weighted by Crippen LogP contribution is 2.38. The van der Waals surface area contributed by atoms with Gasteiger partial charge in [-0.15, -0.1) is 0 Å². The van der Waals surface area contributed by atoms with Gasteiger partial charge in [-0.1, -0.05) is 6.07 Å². The van der Waals surface area contributed by atoms with E-state index in [1.54, 1.807) is 42.7 Å². The Labute approximate surface area is 134 Å². The first-order valence-corrected chi connectivity index (χ1v) is 7.59. The molecule has 0 aliphatic heterocycles. The monoisotopic (exact) mass is 316 g/mol. The Morgan fingerprint density at radius 2 is 2.35 bits per heavy atom. The number of amides is 1. The van der Waals surface area contributed by atoms with Crippen molar-refractivity contribution in [1.29, 1.82) is 0 Å². The molecule has 1 fully saturated rings. The van der Waals surface area contributed by atoms with Crippen LogP contribution in [-0.4, -0.2) is 38.8 Å². The summed E-state index contributed by atoms with van der Waals surface area (Å²) in [6, 6.07) is 3.52. The van der Waals surface area contributed by atoms with Crippen LogP contribution in [0.4, 0.5) is 0 Å². The first kappa shape index (κ1) is 15.5. The van der Waals surface area contributed by atoms with Crippen LogP contribution in [0.3, 0.4) is 0 Å². The first-order valence-electron chi connectivity index (χ1n) is 7.59. The molecule has 1 aliphatic carbocycles. The van der Waals surface area contributed by atoms with E-state index in [0.717, 1.165) is 5.56 Å². The smallest absolute Gasteiger partial charge is 0.240 e. The van der Waals surface area contributed by atoms with Gasteiger partial charge in [0.25, 0.3) is 0 Å². The molecule has 0 unspecified atom stereocenters. The van der Waals surface area contributed by atoms with Crippen molar-refractivity contribution < 1.29 is 14.6 Å². The Kier molecular flexibility index (Phi) is 4.57. The van der Waals surface area contributed by atoms with Gasteiger partial charge in [-0.05, 0) is 24.3 Å². The predicted molar refractivity (Wildman–Crippen MR) is 82.6 cm³/mol. The average Bonchev–Trinajstić information content (AvgIpc) is 3.03. The van der Waals surface area contributed by atoms with Crippen LogP contribution in [0.1, 0.15) is 24.4 Å². The largest absolute Gasteiger partial charge is 0.481 e. The van der Waals surface area contributed by atoms with E-state index in [1.807, 2.05) is 6.07 Å². The molecule has 1 aliphatic rings. The molecule has 2 heterocycles. The SMILES string of the molecule is COc1ccc([C@H](NC(=O)Cn2ccnc2)C2CC(O)C2)cn1. The molecule has 23 heavy (non-hydrogen) atoms. The van der Waals surface area contributed by atoms with Crippen LogP contribution in [0.25, 0.3) is 0 Å². The van der Waals surface area contributed by atoms with Crippen LogP contribution >= 0.6 is 0 Å². The van der Waals surface area contributed by atoms with Gasteiger partial charge in [0.05, 0.1) is 25.6 Å². The van der Waals surface area contributed by atoms with Gasteiger partial charge >= 0.3 is 0 Å². The van der Waals surface area contributed by atoms with E-state index in [9.17, 15) is 9.90 Å². The Bertz CT molecular complexity index is 636. The van der Waals surface area contributed by atoms with Crippen molar-refractivity contribution in [2.45, 2.75) is 31.5 Å². The second-order valence-electron chi connectivity index (χ2n) is 5.80. The van der Waals surface area contributed by atoms with Crippen LogP contribution in [0, 0.1) is 5.92 Å². The van der Waals surface area contributed by atoms with Gasteiger partial charge in [0.15, 0.2) is 0 Å². The maximum absolute atomic E-state index is 12.3. The van der Waals surface area contributed by atoms with Crippen LogP contribution < -0.4 is 10.1 Å². The number of aliphatic hydroxyl groups excluding tert-OH is 1. The van der Waals surface area contributed by atoms with Crippen molar-refractivity contribution in [2.24, 2.45) is 5.92 Å². The third-order valence-electron chi connectivity index (χ3n) is 4.15. The van der Waals surface area contributed by atoms with E-state index in [2.05, 4.69) is 15.3 Å². The molecule has 2 aromatic rings. The number of pyridine rings is 1. The van der Waals surface area contributed by atoms with Crippen molar-refractivity contribution in [3.8, 4) is 5.88 Å². The lowest BCUT2D eigenvalue weighted by atomic mass is 9.75. The van der Waals surface area contributed by atoms with Gasteiger partial charge in [-0.2, -0.15) is 0 Å². The summed E-state index contributed by atoms with van der Waals surface area (Å²) in [5.41, 5.74) is 0.918. The van der Waals surface area contributed by atoms with Crippen molar-refractivity contribution in [3.05, 3.63) is 42.6 Å². The molecule has 7 heteroatoms. The van der Waals surface area contributed by atoms with E-state index >= 15 is 0 Å². The number of hydrogen-bond acceptors (Lipinski definition) is 5. The third kappa shape index (κ3) is 3.68. The lowest BCUT2D eigenvalue weighted by Crippen LogP contribution is -2.42. The normalized spacial score (nSPS) is 21.3. The highest BCUT2D eigenvalue weighted by atomic mass is 16.5. The number of carbonyl (C=O) groups is 1. The number of imidazole rings is 1. The molecule has 2 aromatic heterocycles. The zero-order valence-electron chi connectivity index (χ0n) is 12.9. The van der Waals surface area contributed by atoms with Gasteiger partial charge in [-0.3, -0.25) is 4.79 Å². The molecule has 7 nitrogen and oxygen atoms in total. The van der Waals surface area contributed by atoms with Crippen molar-refractivity contribution in [1.82, 2.24) is 19.9 Å². The Balaban J connectivity index is 1.71. The lowest BCUT2D eigenvalue weighted by Gasteiger charge is -2.38. The molecule has 0 aromatic carbocycles. The fourth-order valence-electron chi connectivity index (χ4n) is 2.84. The third-order valence-corrected chi connectivity index (χ3v) is 4.15. The zero-order chi connectivity index (χ0) is 16.2. The molecular formula is C16H20N4O3. The molecule has 3 rings (SSSR count). The molecule has 0 bridgehead atoms. The zero-order valence-corrected chi connectivity index (χ0v) is 12.9. The summed E-state index contributed by atoms with van der Waals surface area (Å²) in [6.07, 6.45) is 7.79. The highest BCUT2D eigenvalue weighted by Gasteiger charge is 2.35. The molecular weight excluding hydrogens is 296 g/mol. The Morgan fingerprint density at radius 1 is 1.52 bits per heavy atom. The molecule has 1 atom stereocenters. The number of hydrogen-bond donors (Lipinski definition) is 2. The quantitative estimate of drug-likeness (QED) is 0.827. The summed E-state index contributed by atoms with van der Waals surface area (Å²) in [6.45, 7) is 0.218. The summed E-state index contributed by atoms with van der Waals surface area (Å²) in [7, 11) is 1.56. The maximum Gasteiger partial charge on any atom is 0.240 e. The molecule has 0 spiro atoms. The number of carbonyl (C=O) groups excluding carboxylic acids is 1. The minimum Gasteiger partial charge on any atom is -0.481 e. The van der Waals surface area contributed by atoms with Gasteiger partial charge in [0, 0.05) is 24.7 Å². The molecule has 0 saturated heterocycles. The summed E-state index contributed by atoms with van der Waals surface area (Å²) in [5.74, 6) is 0.656. The van der Waals surface area contributed by atoms with E-state index < -0.39 is 0 Å². The fraction of sp³-hybridized carbons (Fsp3) is 0.438. The van der Waals surface area contributed by atoms with E-state index in [1.165, 1.54) is 0 Å². The van der Waals surface area contributed by atoms with Gasteiger partial charge in [0.1, 0.15) is 6.54 Å². The van der Waals surface area contributed by atoms with Crippen LogP contribution in [-0.2, 0) is 11.3 Å².